The summed E-state index contributed by atoms with van der Waals surface area (Å²) in [6, 6.07) is 3.09. The van der Waals surface area contributed by atoms with E-state index in [1.165, 1.54) is 13.0 Å². The molecular weight excluding hydrogens is 204 g/mol. The van der Waals surface area contributed by atoms with Crippen molar-refractivity contribution in [3.8, 4) is 0 Å². The molecule has 0 fully saturated rings. The fourth-order valence-electron chi connectivity index (χ4n) is 1.11. The zero-order chi connectivity index (χ0) is 11.5. The summed E-state index contributed by atoms with van der Waals surface area (Å²) in [4.78, 5) is 2.56. The van der Waals surface area contributed by atoms with Crippen LogP contribution < -0.4 is 0 Å². The van der Waals surface area contributed by atoms with Crippen LogP contribution in [0.2, 0.25) is 0 Å². The average Bonchev–Trinajstić information content (AvgIpc) is 2.22. The predicted molar refractivity (Wildman–Crippen MR) is 49.9 cm³/mol. The molecule has 1 rings (SSSR count). The van der Waals surface area contributed by atoms with Crippen LogP contribution in [0.25, 0.3) is 10.4 Å². The van der Waals surface area contributed by atoms with Crippen molar-refractivity contribution in [3.63, 3.8) is 0 Å². The number of hydrogen-bond acceptors (Lipinski definition) is 2. The second kappa shape index (κ2) is 4.25. The lowest BCUT2D eigenvalue weighted by atomic mass is 9.94. The molecule has 1 aromatic rings. The molecule has 0 aliphatic carbocycles. The number of aliphatic hydroxyl groups excluding tert-OH is 1. The summed E-state index contributed by atoms with van der Waals surface area (Å²) in [5, 5.41) is 12.4. The van der Waals surface area contributed by atoms with Gasteiger partial charge in [-0.1, -0.05) is 11.2 Å². The number of hydrogen-bond donors (Lipinski definition) is 1. The Balaban J connectivity index is 3.24. The van der Waals surface area contributed by atoms with Gasteiger partial charge >= 0.3 is 0 Å². The molecule has 80 valence electrons. The SMILES string of the molecule is CC(CO)(N=[N+]=[N-])c1ccc(F)c(F)c1. The van der Waals surface area contributed by atoms with Crippen molar-refractivity contribution in [2.75, 3.05) is 6.61 Å². The first-order valence-electron chi connectivity index (χ1n) is 4.16. The maximum Gasteiger partial charge on any atom is 0.159 e. The van der Waals surface area contributed by atoms with Crippen molar-refractivity contribution in [2.45, 2.75) is 12.5 Å². The maximum atomic E-state index is 12.9. The van der Waals surface area contributed by atoms with Gasteiger partial charge in [-0.05, 0) is 30.2 Å². The van der Waals surface area contributed by atoms with Crippen LogP contribution in [0.3, 0.4) is 0 Å². The largest absolute Gasteiger partial charge is 0.395 e. The van der Waals surface area contributed by atoms with Gasteiger partial charge in [-0.2, -0.15) is 0 Å². The highest BCUT2D eigenvalue weighted by atomic mass is 19.2. The molecule has 15 heavy (non-hydrogen) atoms. The minimum absolute atomic E-state index is 0.224. The van der Waals surface area contributed by atoms with Gasteiger partial charge in [-0.15, -0.1) is 0 Å². The Kier molecular flexibility index (Phi) is 3.24. The maximum absolute atomic E-state index is 12.9. The predicted octanol–water partition coefficient (Wildman–Crippen LogP) is 2.48. The Labute approximate surface area is 84.8 Å². The van der Waals surface area contributed by atoms with Crippen LogP contribution in [0, 0.1) is 11.6 Å². The Bertz CT molecular complexity index is 418. The van der Waals surface area contributed by atoms with Crippen LogP contribution in [0.4, 0.5) is 8.78 Å². The molecule has 0 saturated heterocycles. The van der Waals surface area contributed by atoms with E-state index >= 15 is 0 Å². The molecule has 0 bridgehead atoms. The first kappa shape index (κ1) is 11.4. The van der Waals surface area contributed by atoms with Gasteiger partial charge in [-0.25, -0.2) is 8.78 Å². The smallest absolute Gasteiger partial charge is 0.159 e. The van der Waals surface area contributed by atoms with Crippen molar-refractivity contribution in [3.05, 3.63) is 45.8 Å². The third kappa shape index (κ3) is 2.23. The van der Waals surface area contributed by atoms with Crippen LogP contribution in [0.5, 0.6) is 0 Å². The van der Waals surface area contributed by atoms with E-state index in [9.17, 15) is 8.78 Å². The lowest BCUT2D eigenvalue weighted by Gasteiger charge is -2.21. The van der Waals surface area contributed by atoms with E-state index in [0.717, 1.165) is 12.1 Å². The number of aliphatic hydroxyl groups is 1. The van der Waals surface area contributed by atoms with Crippen LogP contribution >= 0.6 is 0 Å². The Morgan fingerprint density at radius 2 is 2.13 bits per heavy atom. The summed E-state index contributed by atoms with van der Waals surface area (Å²) in [5.74, 6) is -2.03. The molecule has 0 radical (unpaired) electrons. The number of azide groups is 1. The fraction of sp³-hybridized carbons (Fsp3) is 0.333. The molecule has 0 aromatic heterocycles. The number of halogens is 2. The molecule has 0 spiro atoms. The average molecular weight is 213 g/mol. The molecule has 0 amide bonds. The minimum Gasteiger partial charge on any atom is -0.395 e. The summed E-state index contributed by atoms with van der Waals surface area (Å²) in [6.45, 7) is 0.946. The molecule has 1 atom stereocenters. The molecule has 0 aliphatic heterocycles. The molecule has 0 saturated carbocycles. The van der Waals surface area contributed by atoms with Crippen molar-refractivity contribution >= 4 is 0 Å². The third-order valence-corrected chi connectivity index (χ3v) is 2.11. The number of rotatable bonds is 3. The summed E-state index contributed by atoms with van der Waals surface area (Å²) in [5.41, 5.74) is 7.25. The lowest BCUT2D eigenvalue weighted by Crippen LogP contribution is -2.23. The number of benzene rings is 1. The van der Waals surface area contributed by atoms with E-state index in [2.05, 4.69) is 10.0 Å². The van der Waals surface area contributed by atoms with E-state index in [1.54, 1.807) is 0 Å². The van der Waals surface area contributed by atoms with Crippen LogP contribution in [-0.2, 0) is 5.54 Å². The molecule has 1 aromatic carbocycles. The van der Waals surface area contributed by atoms with Gasteiger partial charge in [-0.3, -0.25) is 0 Å². The van der Waals surface area contributed by atoms with Crippen molar-refractivity contribution < 1.29 is 13.9 Å². The second-order valence-corrected chi connectivity index (χ2v) is 3.25. The Morgan fingerprint density at radius 3 is 2.60 bits per heavy atom. The monoisotopic (exact) mass is 213 g/mol. The molecular formula is C9H9F2N3O. The van der Waals surface area contributed by atoms with Crippen LogP contribution in [0.15, 0.2) is 23.3 Å². The quantitative estimate of drug-likeness (QED) is 0.467. The molecule has 0 heterocycles. The standard InChI is InChI=1S/C9H9F2N3O/c1-9(5-15,13-14-12)6-2-3-7(10)8(11)4-6/h2-4,15H,5H2,1H3. The molecule has 1 unspecified atom stereocenters. The van der Waals surface area contributed by atoms with Gasteiger partial charge in [0, 0.05) is 4.91 Å². The molecule has 1 N–H and O–H groups in total. The van der Waals surface area contributed by atoms with E-state index < -0.39 is 23.8 Å². The summed E-state index contributed by atoms with van der Waals surface area (Å²) in [6.07, 6.45) is 0. The molecule has 0 aliphatic rings. The highest BCUT2D eigenvalue weighted by Crippen LogP contribution is 2.26. The Hall–Kier alpha value is -1.65. The topological polar surface area (TPSA) is 69.0 Å². The second-order valence-electron chi connectivity index (χ2n) is 3.25. The van der Waals surface area contributed by atoms with E-state index in [-0.39, 0.29) is 5.56 Å². The van der Waals surface area contributed by atoms with Crippen LogP contribution in [0.1, 0.15) is 12.5 Å². The van der Waals surface area contributed by atoms with Crippen LogP contribution in [-0.4, -0.2) is 11.7 Å². The van der Waals surface area contributed by atoms with E-state index in [4.69, 9.17) is 10.6 Å². The van der Waals surface area contributed by atoms with Gasteiger partial charge in [0.05, 0.1) is 12.1 Å². The normalized spacial score (nSPS) is 14.1. The first-order valence-corrected chi connectivity index (χ1v) is 4.16. The molecule has 6 heteroatoms. The van der Waals surface area contributed by atoms with Crippen molar-refractivity contribution in [2.24, 2.45) is 5.11 Å². The minimum atomic E-state index is -1.27. The summed E-state index contributed by atoms with van der Waals surface area (Å²) >= 11 is 0. The van der Waals surface area contributed by atoms with E-state index in [0.29, 0.717) is 0 Å². The van der Waals surface area contributed by atoms with Crippen molar-refractivity contribution in [1.29, 1.82) is 0 Å². The van der Waals surface area contributed by atoms with Gasteiger partial charge in [0.2, 0.25) is 0 Å². The van der Waals surface area contributed by atoms with Gasteiger partial charge < -0.3 is 5.11 Å². The highest BCUT2D eigenvalue weighted by molar-refractivity contribution is 5.25. The molecule has 4 nitrogen and oxygen atoms in total. The zero-order valence-electron chi connectivity index (χ0n) is 7.98. The fourth-order valence-corrected chi connectivity index (χ4v) is 1.11. The lowest BCUT2D eigenvalue weighted by molar-refractivity contribution is 0.209. The summed E-state index contributed by atoms with van der Waals surface area (Å²) < 4.78 is 25.5. The zero-order valence-corrected chi connectivity index (χ0v) is 7.98. The van der Waals surface area contributed by atoms with E-state index in [1.807, 2.05) is 0 Å². The Morgan fingerprint density at radius 1 is 1.47 bits per heavy atom. The van der Waals surface area contributed by atoms with Gasteiger partial charge in [0.25, 0.3) is 0 Å². The number of nitrogens with zero attached hydrogens (tertiary/aromatic N) is 3. The third-order valence-electron chi connectivity index (χ3n) is 2.11. The summed E-state index contributed by atoms with van der Waals surface area (Å²) in [7, 11) is 0. The highest BCUT2D eigenvalue weighted by Gasteiger charge is 2.25. The van der Waals surface area contributed by atoms with Crippen molar-refractivity contribution in [1.82, 2.24) is 0 Å². The van der Waals surface area contributed by atoms with Gasteiger partial charge in [0.1, 0.15) is 0 Å². The van der Waals surface area contributed by atoms with Gasteiger partial charge in [0.15, 0.2) is 11.6 Å². The first-order chi connectivity index (χ1) is 7.03.